The quantitative estimate of drug-likeness (QED) is 0.274. The molecule has 0 N–H and O–H groups in total. The van der Waals surface area contributed by atoms with Gasteiger partial charge < -0.3 is 0 Å². The van der Waals surface area contributed by atoms with Crippen LogP contribution in [0.2, 0.25) is 5.02 Å². The van der Waals surface area contributed by atoms with Crippen molar-refractivity contribution in [3.05, 3.63) is 70.2 Å². The lowest BCUT2D eigenvalue weighted by atomic mass is 9.92. The lowest BCUT2D eigenvalue weighted by Crippen LogP contribution is -2.05. The van der Waals surface area contributed by atoms with E-state index >= 15 is 0 Å². The molecule has 0 unspecified atom stereocenters. The maximum absolute atomic E-state index is 14.3. The summed E-state index contributed by atoms with van der Waals surface area (Å²) in [5.74, 6) is -1.94. The van der Waals surface area contributed by atoms with E-state index in [1.807, 2.05) is 0 Å². The molecule has 0 heterocycles. The van der Waals surface area contributed by atoms with Crippen molar-refractivity contribution in [2.45, 2.75) is 6.92 Å². The van der Waals surface area contributed by atoms with Gasteiger partial charge in [0.05, 0.1) is 5.71 Å². The van der Waals surface area contributed by atoms with Crippen LogP contribution in [0.4, 0.5) is 8.78 Å². The number of halogens is 4. The molecule has 0 aromatic heterocycles. The Kier molecular flexibility index (Phi) is 6.23. The number of hydrogen-bond acceptors (Lipinski definition) is 2. The van der Waals surface area contributed by atoms with E-state index in [-0.39, 0.29) is 11.4 Å². The second-order valence-corrected chi connectivity index (χ2v) is 5.63. The van der Waals surface area contributed by atoms with Crippen molar-refractivity contribution in [2.24, 2.45) is 10.2 Å². The Morgan fingerprint density at radius 1 is 1.12 bits per heavy atom. The summed E-state index contributed by atoms with van der Waals surface area (Å²) in [5.41, 5.74) is 2.23. The van der Waals surface area contributed by atoms with Crippen molar-refractivity contribution in [3.63, 3.8) is 0 Å². The minimum atomic E-state index is -0.959. The van der Waals surface area contributed by atoms with Crippen LogP contribution in [0.3, 0.4) is 0 Å². The highest BCUT2D eigenvalue weighted by atomic mass is 35.5. The van der Waals surface area contributed by atoms with E-state index in [1.165, 1.54) is 12.1 Å². The average molecular weight is 367 g/mol. The Hall–Kier alpha value is -2.04. The van der Waals surface area contributed by atoms with Crippen LogP contribution >= 0.6 is 23.2 Å². The molecule has 0 fully saturated rings. The standard InChI is InChI=1S/C18H14Cl2F2N2/c1-11(24-23-2)17(12-6-8-13(20)9-7-12)15(10-19)14-4-3-5-16(21)18(14)22/h3-9H,2,10H2,1H3/b17-15-,24-11-. The maximum atomic E-state index is 14.3. The third kappa shape index (κ3) is 3.89. The molecule has 0 aliphatic carbocycles. The number of allylic oxidation sites excluding steroid dienone is 2. The van der Waals surface area contributed by atoms with Gasteiger partial charge in [-0.3, -0.25) is 0 Å². The van der Waals surface area contributed by atoms with E-state index in [1.54, 1.807) is 31.2 Å². The molecule has 0 radical (unpaired) electrons. The molecule has 0 bridgehead atoms. The molecule has 2 aromatic rings. The third-order valence-corrected chi connectivity index (χ3v) is 3.95. The Bertz CT molecular complexity index is 812. The van der Waals surface area contributed by atoms with Crippen molar-refractivity contribution in [3.8, 4) is 0 Å². The highest BCUT2D eigenvalue weighted by molar-refractivity contribution is 6.35. The largest absolute Gasteiger partial charge is 0.204 e. The number of hydrogen-bond donors (Lipinski definition) is 0. The molecule has 0 saturated heterocycles. The zero-order chi connectivity index (χ0) is 17.7. The minimum absolute atomic E-state index is 0.0393. The fourth-order valence-corrected chi connectivity index (χ4v) is 2.79. The topological polar surface area (TPSA) is 24.7 Å². The molecular weight excluding hydrogens is 353 g/mol. The summed E-state index contributed by atoms with van der Waals surface area (Å²) in [6.07, 6.45) is 0. The van der Waals surface area contributed by atoms with Gasteiger partial charge in [0.15, 0.2) is 11.6 Å². The molecule has 2 nitrogen and oxygen atoms in total. The molecule has 24 heavy (non-hydrogen) atoms. The minimum Gasteiger partial charge on any atom is -0.204 e. The van der Waals surface area contributed by atoms with Gasteiger partial charge >= 0.3 is 0 Å². The molecule has 6 heteroatoms. The lowest BCUT2D eigenvalue weighted by molar-refractivity contribution is 0.506. The molecule has 0 amide bonds. The first-order valence-electron chi connectivity index (χ1n) is 6.99. The van der Waals surface area contributed by atoms with E-state index < -0.39 is 11.6 Å². The smallest absolute Gasteiger partial charge is 0.166 e. The van der Waals surface area contributed by atoms with Crippen molar-refractivity contribution < 1.29 is 8.78 Å². The number of nitrogens with zero attached hydrogens (tertiary/aromatic N) is 2. The van der Waals surface area contributed by atoms with Crippen molar-refractivity contribution >= 4 is 46.8 Å². The van der Waals surface area contributed by atoms with Crippen LogP contribution in [0.1, 0.15) is 18.1 Å². The summed E-state index contributed by atoms with van der Waals surface area (Å²) < 4.78 is 27.9. The van der Waals surface area contributed by atoms with E-state index in [4.69, 9.17) is 23.2 Å². The van der Waals surface area contributed by atoms with Crippen molar-refractivity contribution in [1.82, 2.24) is 0 Å². The summed E-state index contributed by atoms with van der Waals surface area (Å²) in [6.45, 7) is 5.03. The van der Waals surface area contributed by atoms with E-state index in [0.29, 0.717) is 27.4 Å². The van der Waals surface area contributed by atoms with Crippen LogP contribution in [-0.4, -0.2) is 18.3 Å². The summed E-state index contributed by atoms with van der Waals surface area (Å²) in [5, 5.41) is 8.01. The van der Waals surface area contributed by atoms with Gasteiger partial charge in [0.2, 0.25) is 0 Å². The lowest BCUT2D eigenvalue weighted by Gasteiger charge is -2.15. The fraction of sp³-hybridized carbons (Fsp3) is 0.111. The molecule has 0 atom stereocenters. The van der Waals surface area contributed by atoms with Gasteiger partial charge in [-0.2, -0.15) is 10.2 Å². The zero-order valence-corrected chi connectivity index (χ0v) is 14.4. The second kappa shape index (κ2) is 8.18. The monoisotopic (exact) mass is 366 g/mol. The first kappa shape index (κ1) is 18.3. The summed E-state index contributed by atoms with van der Waals surface area (Å²) >= 11 is 12.0. The van der Waals surface area contributed by atoms with Gasteiger partial charge in [0.1, 0.15) is 0 Å². The van der Waals surface area contributed by atoms with Gasteiger partial charge in [-0.15, -0.1) is 11.6 Å². The van der Waals surface area contributed by atoms with E-state index in [0.717, 1.165) is 6.07 Å². The van der Waals surface area contributed by atoms with Crippen LogP contribution in [-0.2, 0) is 0 Å². The van der Waals surface area contributed by atoms with Crippen LogP contribution in [0.25, 0.3) is 11.1 Å². The normalized spacial score (nSPS) is 12.8. The SMILES string of the molecule is C=N/N=C(C)\C(=C(/CCl)c1cccc(F)c1F)c1ccc(Cl)cc1. The average Bonchev–Trinajstić information content (AvgIpc) is 2.57. The van der Waals surface area contributed by atoms with Gasteiger partial charge in [0.25, 0.3) is 0 Å². The molecule has 2 aromatic carbocycles. The van der Waals surface area contributed by atoms with E-state index in [9.17, 15) is 8.78 Å². The molecule has 0 saturated carbocycles. The molecule has 124 valence electrons. The van der Waals surface area contributed by atoms with Crippen LogP contribution in [0.15, 0.2) is 52.7 Å². The zero-order valence-electron chi connectivity index (χ0n) is 12.9. The predicted molar refractivity (Wildman–Crippen MR) is 98.0 cm³/mol. The van der Waals surface area contributed by atoms with Gasteiger partial charge in [-0.25, -0.2) is 8.78 Å². The van der Waals surface area contributed by atoms with Crippen molar-refractivity contribution in [1.29, 1.82) is 0 Å². The fourth-order valence-electron chi connectivity index (χ4n) is 2.38. The molecule has 0 spiro atoms. The highest BCUT2D eigenvalue weighted by Crippen LogP contribution is 2.31. The van der Waals surface area contributed by atoms with Gasteiger partial charge in [0, 0.05) is 28.8 Å². The van der Waals surface area contributed by atoms with Crippen LogP contribution in [0, 0.1) is 11.6 Å². The first-order chi connectivity index (χ1) is 11.5. The molecule has 0 aliphatic heterocycles. The number of rotatable bonds is 5. The Morgan fingerprint density at radius 3 is 2.38 bits per heavy atom. The Balaban J connectivity index is 2.80. The summed E-state index contributed by atoms with van der Waals surface area (Å²) in [4.78, 5) is 0. The maximum Gasteiger partial charge on any atom is 0.166 e. The van der Waals surface area contributed by atoms with Crippen LogP contribution < -0.4 is 0 Å². The summed E-state index contributed by atoms with van der Waals surface area (Å²) in [6, 6.07) is 10.9. The molecular formula is C18H14Cl2F2N2. The van der Waals surface area contributed by atoms with Crippen LogP contribution in [0.5, 0.6) is 0 Å². The van der Waals surface area contributed by atoms with Gasteiger partial charge in [-0.1, -0.05) is 35.9 Å². The second-order valence-electron chi connectivity index (χ2n) is 4.92. The van der Waals surface area contributed by atoms with Crippen molar-refractivity contribution in [2.75, 3.05) is 5.88 Å². The third-order valence-electron chi connectivity index (χ3n) is 3.43. The molecule has 0 aliphatic rings. The predicted octanol–water partition coefficient (Wildman–Crippen LogP) is 5.84. The number of benzene rings is 2. The summed E-state index contributed by atoms with van der Waals surface area (Å²) in [7, 11) is 0. The number of alkyl halides is 1. The molecule has 2 rings (SSSR count). The first-order valence-corrected chi connectivity index (χ1v) is 7.91. The van der Waals surface area contributed by atoms with E-state index in [2.05, 4.69) is 16.9 Å². The highest BCUT2D eigenvalue weighted by Gasteiger charge is 2.18. The Labute approximate surface area is 149 Å². The van der Waals surface area contributed by atoms with Gasteiger partial charge in [-0.05, 0) is 36.3 Å². The Morgan fingerprint density at radius 2 is 1.79 bits per heavy atom.